The van der Waals surface area contributed by atoms with Crippen molar-refractivity contribution in [1.82, 2.24) is 19.9 Å². The van der Waals surface area contributed by atoms with Gasteiger partial charge in [0.25, 0.3) is 0 Å². The summed E-state index contributed by atoms with van der Waals surface area (Å²) in [7, 11) is 0. The zero-order valence-electron chi connectivity index (χ0n) is 20.0. The van der Waals surface area contributed by atoms with E-state index in [9.17, 15) is 9.90 Å². The topological polar surface area (TPSA) is 123 Å². The van der Waals surface area contributed by atoms with Crippen molar-refractivity contribution in [3.05, 3.63) is 48.4 Å². The van der Waals surface area contributed by atoms with Crippen molar-refractivity contribution in [3.63, 3.8) is 0 Å². The lowest BCUT2D eigenvalue weighted by atomic mass is 9.91. The summed E-state index contributed by atoms with van der Waals surface area (Å²) in [6.07, 6.45) is 5.84. The second kappa shape index (κ2) is 11.6. The quantitative estimate of drug-likeness (QED) is 0.444. The highest BCUT2D eigenvalue weighted by Gasteiger charge is 2.19. The van der Waals surface area contributed by atoms with Crippen LogP contribution in [0.25, 0.3) is 11.3 Å². The molecule has 35 heavy (non-hydrogen) atoms. The Morgan fingerprint density at radius 2 is 1.94 bits per heavy atom. The minimum atomic E-state index is -0.818. The SMILES string of the molecule is CCOc1ncc(Nc2cc(C(CC)CC(=O)O)ccc2-c2ccnc(N3CCOCC3)n2)cn1. The molecule has 4 rings (SSSR count). The van der Waals surface area contributed by atoms with Crippen LogP contribution in [-0.4, -0.2) is 63.9 Å². The van der Waals surface area contributed by atoms with E-state index in [4.69, 9.17) is 14.5 Å². The third-order valence-corrected chi connectivity index (χ3v) is 5.82. The number of carboxylic acid groups (broad SMARTS) is 1. The smallest absolute Gasteiger partial charge is 0.316 e. The van der Waals surface area contributed by atoms with Gasteiger partial charge in [0, 0.05) is 30.5 Å². The Morgan fingerprint density at radius 3 is 2.63 bits per heavy atom. The summed E-state index contributed by atoms with van der Waals surface area (Å²) in [5.74, 6) is -0.267. The maximum absolute atomic E-state index is 11.4. The first kappa shape index (κ1) is 24.3. The van der Waals surface area contributed by atoms with E-state index in [-0.39, 0.29) is 12.3 Å². The number of morpholine rings is 1. The fraction of sp³-hybridized carbons (Fsp3) is 0.400. The zero-order chi connectivity index (χ0) is 24.6. The van der Waals surface area contributed by atoms with Gasteiger partial charge in [-0.2, -0.15) is 0 Å². The highest BCUT2D eigenvalue weighted by molar-refractivity contribution is 5.80. The highest BCUT2D eigenvalue weighted by atomic mass is 16.5. The standard InChI is InChI=1S/C25H30N6O4/c1-3-17(14-23(32)33)18-5-6-20(21-7-8-26-24(30-21)31-9-11-34-12-10-31)22(13-18)29-19-15-27-25(28-16-19)35-4-2/h5-8,13,15-17,29H,3-4,9-12,14H2,1-2H3,(H,32,33). The molecule has 3 aromatic rings. The predicted molar refractivity (Wildman–Crippen MR) is 132 cm³/mol. The number of aliphatic carboxylic acids is 1. The van der Waals surface area contributed by atoms with Gasteiger partial charge in [0.1, 0.15) is 0 Å². The summed E-state index contributed by atoms with van der Waals surface area (Å²) >= 11 is 0. The Bertz CT molecular complexity index is 1140. The predicted octanol–water partition coefficient (Wildman–Crippen LogP) is 3.88. The first-order valence-corrected chi connectivity index (χ1v) is 11.8. The Morgan fingerprint density at radius 1 is 1.17 bits per heavy atom. The summed E-state index contributed by atoms with van der Waals surface area (Å²) < 4.78 is 10.8. The molecular weight excluding hydrogens is 448 g/mol. The number of benzene rings is 1. The first-order chi connectivity index (χ1) is 17.1. The summed E-state index contributed by atoms with van der Waals surface area (Å²) in [5.41, 5.74) is 4.03. The Balaban J connectivity index is 1.70. The lowest BCUT2D eigenvalue weighted by molar-refractivity contribution is -0.137. The highest BCUT2D eigenvalue weighted by Crippen LogP contribution is 2.34. The van der Waals surface area contributed by atoms with Gasteiger partial charge in [-0.15, -0.1) is 0 Å². The molecule has 10 nitrogen and oxygen atoms in total. The molecule has 1 saturated heterocycles. The van der Waals surface area contributed by atoms with E-state index < -0.39 is 5.97 Å². The molecule has 3 heterocycles. The first-order valence-electron chi connectivity index (χ1n) is 11.8. The number of aromatic nitrogens is 4. The second-order valence-electron chi connectivity index (χ2n) is 8.16. The Kier molecular flexibility index (Phi) is 8.04. The van der Waals surface area contributed by atoms with Crippen LogP contribution in [0, 0.1) is 0 Å². The molecule has 0 amide bonds. The minimum Gasteiger partial charge on any atom is -0.481 e. The van der Waals surface area contributed by atoms with Gasteiger partial charge < -0.3 is 24.8 Å². The molecule has 1 fully saturated rings. The third kappa shape index (κ3) is 6.21. The lowest BCUT2D eigenvalue weighted by Gasteiger charge is -2.27. The molecule has 0 radical (unpaired) electrons. The molecule has 1 unspecified atom stereocenters. The fourth-order valence-electron chi connectivity index (χ4n) is 4.01. The van der Waals surface area contributed by atoms with E-state index in [1.165, 1.54) is 0 Å². The number of ether oxygens (including phenoxy) is 2. The maximum atomic E-state index is 11.4. The van der Waals surface area contributed by atoms with E-state index in [1.54, 1.807) is 18.6 Å². The summed E-state index contributed by atoms with van der Waals surface area (Å²) in [6, 6.07) is 8.11. The van der Waals surface area contributed by atoms with Crippen LogP contribution < -0.4 is 15.0 Å². The molecule has 1 aromatic carbocycles. The monoisotopic (exact) mass is 478 g/mol. The van der Waals surface area contributed by atoms with Gasteiger partial charge in [0.2, 0.25) is 5.95 Å². The molecule has 0 bridgehead atoms. The summed E-state index contributed by atoms with van der Waals surface area (Å²) in [6.45, 7) is 7.13. The van der Waals surface area contributed by atoms with Crippen molar-refractivity contribution in [1.29, 1.82) is 0 Å². The average Bonchev–Trinajstić information content (AvgIpc) is 2.89. The molecule has 1 atom stereocenters. The van der Waals surface area contributed by atoms with Gasteiger partial charge >= 0.3 is 12.0 Å². The number of nitrogens with one attached hydrogen (secondary N) is 1. The number of carboxylic acids is 1. The summed E-state index contributed by atoms with van der Waals surface area (Å²) in [4.78, 5) is 31.3. The molecule has 184 valence electrons. The van der Waals surface area contributed by atoms with Crippen LogP contribution in [0.15, 0.2) is 42.9 Å². The minimum absolute atomic E-state index is 0.0656. The lowest BCUT2D eigenvalue weighted by Crippen LogP contribution is -2.37. The Hall–Kier alpha value is -3.79. The number of hydrogen-bond donors (Lipinski definition) is 2. The van der Waals surface area contributed by atoms with Crippen LogP contribution in [0.3, 0.4) is 0 Å². The Labute approximate surface area is 204 Å². The van der Waals surface area contributed by atoms with E-state index >= 15 is 0 Å². The number of carbonyl (C=O) groups is 1. The van der Waals surface area contributed by atoms with Gasteiger partial charge in [-0.05, 0) is 37.0 Å². The van der Waals surface area contributed by atoms with Crippen LogP contribution in [0.5, 0.6) is 6.01 Å². The molecular formula is C25H30N6O4. The largest absolute Gasteiger partial charge is 0.481 e. The van der Waals surface area contributed by atoms with E-state index in [0.717, 1.165) is 35.6 Å². The van der Waals surface area contributed by atoms with Crippen molar-refractivity contribution in [2.24, 2.45) is 0 Å². The van der Waals surface area contributed by atoms with Crippen molar-refractivity contribution < 1.29 is 19.4 Å². The van der Waals surface area contributed by atoms with Gasteiger partial charge in [0.05, 0.1) is 50.0 Å². The molecule has 1 aliphatic rings. The van der Waals surface area contributed by atoms with Crippen molar-refractivity contribution in [2.45, 2.75) is 32.6 Å². The van der Waals surface area contributed by atoms with Gasteiger partial charge in [-0.1, -0.05) is 19.1 Å². The van der Waals surface area contributed by atoms with Crippen LogP contribution >= 0.6 is 0 Å². The number of rotatable bonds is 10. The van der Waals surface area contributed by atoms with E-state index in [1.807, 2.05) is 38.1 Å². The molecule has 0 aliphatic carbocycles. The van der Waals surface area contributed by atoms with E-state index in [2.05, 4.69) is 25.2 Å². The zero-order valence-corrected chi connectivity index (χ0v) is 20.0. The van der Waals surface area contributed by atoms with Crippen LogP contribution in [0.4, 0.5) is 17.3 Å². The van der Waals surface area contributed by atoms with Crippen LogP contribution in [0.2, 0.25) is 0 Å². The summed E-state index contributed by atoms with van der Waals surface area (Å²) in [5, 5.41) is 12.8. The van der Waals surface area contributed by atoms with Crippen molar-refractivity contribution >= 4 is 23.3 Å². The molecule has 2 aromatic heterocycles. The van der Waals surface area contributed by atoms with Gasteiger partial charge in [-0.25, -0.2) is 19.9 Å². The third-order valence-electron chi connectivity index (χ3n) is 5.82. The number of hydrogen-bond acceptors (Lipinski definition) is 9. The van der Waals surface area contributed by atoms with Gasteiger partial charge in [-0.3, -0.25) is 4.79 Å². The number of nitrogens with zero attached hydrogens (tertiary/aromatic N) is 5. The molecule has 0 saturated carbocycles. The second-order valence-corrected chi connectivity index (χ2v) is 8.16. The maximum Gasteiger partial charge on any atom is 0.316 e. The van der Waals surface area contributed by atoms with Crippen LogP contribution in [0.1, 0.15) is 38.2 Å². The molecule has 2 N–H and O–H groups in total. The normalized spacial score (nSPS) is 14.4. The molecule has 0 spiro atoms. The molecule has 10 heteroatoms. The number of anilines is 3. The average molecular weight is 479 g/mol. The van der Waals surface area contributed by atoms with Gasteiger partial charge in [0.15, 0.2) is 0 Å². The molecule has 1 aliphatic heterocycles. The fourth-order valence-corrected chi connectivity index (χ4v) is 4.01. The van der Waals surface area contributed by atoms with Crippen molar-refractivity contribution in [2.75, 3.05) is 43.1 Å². The van der Waals surface area contributed by atoms with E-state index in [0.29, 0.717) is 43.9 Å². The van der Waals surface area contributed by atoms with Crippen LogP contribution in [-0.2, 0) is 9.53 Å². The van der Waals surface area contributed by atoms with Crippen molar-refractivity contribution in [3.8, 4) is 17.3 Å².